The van der Waals surface area contributed by atoms with Crippen LogP contribution in [-0.2, 0) is 6.18 Å². The minimum atomic E-state index is -4.48. The standard InChI is InChI=1S/C13H7ClF3N3/c1-7-9(6-19-10(4-18)12(7)14)8-2-3-11(20-5-8)13(15,16)17/h2-3,5-6H,1H3. The maximum absolute atomic E-state index is 12.4. The van der Waals surface area contributed by atoms with E-state index >= 15 is 0 Å². The molecule has 0 aromatic carbocycles. The molecule has 0 aliphatic carbocycles. The molecule has 0 unspecified atom stereocenters. The fraction of sp³-hybridized carbons (Fsp3) is 0.154. The quantitative estimate of drug-likeness (QED) is 0.799. The van der Waals surface area contributed by atoms with Crippen LogP contribution in [0.25, 0.3) is 11.1 Å². The lowest BCUT2D eigenvalue weighted by atomic mass is 10.0. The van der Waals surface area contributed by atoms with Crippen LogP contribution in [0, 0.1) is 18.3 Å². The second kappa shape index (κ2) is 5.10. The van der Waals surface area contributed by atoms with E-state index in [0.29, 0.717) is 16.7 Å². The van der Waals surface area contributed by atoms with Crippen molar-refractivity contribution >= 4 is 11.6 Å². The molecule has 0 spiro atoms. The average Bonchev–Trinajstić information content (AvgIpc) is 2.41. The molecule has 0 atom stereocenters. The van der Waals surface area contributed by atoms with Crippen LogP contribution >= 0.6 is 11.6 Å². The van der Waals surface area contributed by atoms with Gasteiger partial charge in [0.1, 0.15) is 11.8 Å². The zero-order valence-electron chi connectivity index (χ0n) is 10.2. The Balaban J connectivity index is 2.48. The van der Waals surface area contributed by atoms with E-state index in [1.165, 1.54) is 12.3 Å². The first kappa shape index (κ1) is 14.3. The first-order valence-corrected chi connectivity index (χ1v) is 5.81. The minimum Gasteiger partial charge on any atom is -0.251 e. The summed E-state index contributed by atoms with van der Waals surface area (Å²) < 4.78 is 37.3. The van der Waals surface area contributed by atoms with E-state index in [9.17, 15) is 13.2 Å². The van der Waals surface area contributed by atoms with Crippen molar-refractivity contribution in [2.75, 3.05) is 0 Å². The van der Waals surface area contributed by atoms with E-state index in [2.05, 4.69) is 9.97 Å². The molecule has 102 valence electrons. The van der Waals surface area contributed by atoms with Crippen LogP contribution < -0.4 is 0 Å². The molecule has 2 aromatic heterocycles. The van der Waals surface area contributed by atoms with Gasteiger partial charge in [-0.25, -0.2) is 4.98 Å². The average molecular weight is 298 g/mol. The molecule has 0 bridgehead atoms. The van der Waals surface area contributed by atoms with Gasteiger partial charge in [0.05, 0.1) is 5.02 Å². The van der Waals surface area contributed by atoms with Crippen molar-refractivity contribution in [3.05, 3.63) is 46.5 Å². The summed E-state index contributed by atoms with van der Waals surface area (Å²) >= 11 is 5.97. The van der Waals surface area contributed by atoms with Gasteiger partial charge in [0.2, 0.25) is 0 Å². The normalized spacial score (nSPS) is 11.2. The predicted molar refractivity (Wildman–Crippen MR) is 66.9 cm³/mol. The summed E-state index contributed by atoms with van der Waals surface area (Å²) in [5, 5.41) is 8.98. The van der Waals surface area contributed by atoms with E-state index < -0.39 is 11.9 Å². The highest BCUT2D eigenvalue weighted by Gasteiger charge is 2.32. The monoisotopic (exact) mass is 297 g/mol. The van der Waals surface area contributed by atoms with Crippen LogP contribution in [0.5, 0.6) is 0 Å². The number of nitrogens with zero attached hydrogens (tertiary/aromatic N) is 3. The molecule has 3 nitrogen and oxygen atoms in total. The van der Waals surface area contributed by atoms with Gasteiger partial charge in [-0.05, 0) is 18.6 Å². The van der Waals surface area contributed by atoms with Crippen molar-refractivity contribution in [2.24, 2.45) is 0 Å². The number of hydrogen-bond donors (Lipinski definition) is 0. The lowest BCUT2D eigenvalue weighted by Crippen LogP contribution is -2.07. The molecule has 2 heterocycles. The Bertz CT molecular complexity index is 688. The van der Waals surface area contributed by atoms with Gasteiger partial charge in [-0.2, -0.15) is 18.4 Å². The summed E-state index contributed by atoms with van der Waals surface area (Å²) in [6, 6.07) is 4.02. The van der Waals surface area contributed by atoms with Gasteiger partial charge in [0.15, 0.2) is 5.69 Å². The number of rotatable bonds is 1. The molecule has 0 aliphatic rings. The summed E-state index contributed by atoms with van der Waals surface area (Å²) in [6.07, 6.45) is -1.98. The summed E-state index contributed by atoms with van der Waals surface area (Å²) in [5.41, 5.74) is 0.670. The molecule has 0 saturated carbocycles. The Hall–Kier alpha value is -2.13. The Morgan fingerprint density at radius 2 is 1.90 bits per heavy atom. The Labute approximate surface area is 117 Å². The molecule has 0 aliphatic heterocycles. The third-order valence-corrected chi connectivity index (χ3v) is 3.20. The van der Waals surface area contributed by atoms with Crippen molar-refractivity contribution in [1.29, 1.82) is 5.26 Å². The van der Waals surface area contributed by atoms with Crippen LogP contribution in [0.3, 0.4) is 0 Å². The number of alkyl halides is 3. The van der Waals surface area contributed by atoms with Crippen LogP contribution in [0.15, 0.2) is 24.5 Å². The molecule has 2 aromatic rings. The molecule has 0 saturated heterocycles. The maximum Gasteiger partial charge on any atom is 0.433 e. The van der Waals surface area contributed by atoms with Crippen molar-refractivity contribution in [3.8, 4) is 17.2 Å². The molecule has 7 heteroatoms. The lowest BCUT2D eigenvalue weighted by molar-refractivity contribution is -0.141. The van der Waals surface area contributed by atoms with Gasteiger partial charge >= 0.3 is 6.18 Å². The summed E-state index contributed by atoms with van der Waals surface area (Å²) in [4.78, 5) is 7.24. The number of aromatic nitrogens is 2. The maximum atomic E-state index is 12.4. The Morgan fingerprint density at radius 3 is 2.40 bits per heavy atom. The van der Waals surface area contributed by atoms with Crippen LogP contribution in [0.2, 0.25) is 5.02 Å². The summed E-state index contributed by atoms with van der Waals surface area (Å²) in [6.45, 7) is 1.66. The highest BCUT2D eigenvalue weighted by Crippen LogP contribution is 2.31. The zero-order chi connectivity index (χ0) is 14.9. The second-order valence-electron chi connectivity index (χ2n) is 4.00. The Morgan fingerprint density at radius 1 is 1.20 bits per heavy atom. The minimum absolute atomic E-state index is 0.0767. The molecule has 0 amide bonds. The van der Waals surface area contributed by atoms with Crippen molar-refractivity contribution < 1.29 is 13.2 Å². The third kappa shape index (κ3) is 2.58. The number of pyridine rings is 2. The van der Waals surface area contributed by atoms with E-state index in [4.69, 9.17) is 16.9 Å². The molecule has 0 N–H and O–H groups in total. The molecule has 20 heavy (non-hydrogen) atoms. The smallest absolute Gasteiger partial charge is 0.251 e. The van der Waals surface area contributed by atoms with E-state index in [-0.39, 0.29) is 10.7 Å². The van der Waals surface area contributed by atoms with E-state index in [1.54, 1.807) is 6.92 Å². The van der Waals surface area contributed by atoms with E-state index in [1.807, 2.05) is 6.07 Å². The molecule has 2 rings (SSSR count). The number of hydrogen-bond acceptors (Lipinski definition) is 3. The van der Waals surface area contributed by atoms with Gasteiger partial charge < -0.3 is 0 Å². The van der Waals surface area contributed by atoms with Crippen LogP contribution in [0.4, 0.5) is 13.2 Å². The van der Waals surface area contributed by atoms with Gasteiger partial charge in [-0.15, -0.1) is 0 Å². The Kier molecular flexibility index (Phi) is 3.64. The van der Waals surface area contributed by atoms with Crippen molar-refractivity contribution in [2.45, 2.75) is 13.1 Å². The zero-order valence-corrected chi connectivity index (χ0v) is 10.9. The molecular formula is C13H7ClF3N3. The van der Waals surface area contributed by atoms with Gasteiger partial charge in [0.25, 0.3) is 0 Å². The second-order valence-corrected chi connectivity index (χ2v) is 4.38. The topological polar surface area (TPSA) is 49.6 Å². The first-order valence-electron chi connectivity index (χ1n) is 5.43. The van der Waals surface area contributed by atoms with Gasteiger partial charge in [0, 0.05) is 23.5 Å². The summed E-state index contributed by atoms with van der Waals surface area (Å²) in [7, 11) is 0. The first-order chi connectivity index (χ1) is 9.34. The highest BCUT2D eigenvalue weighted by molar-refractivity contribution is 6.32. The highest BCUT2D eigenvalue weighted by atomic mass is 35.5. The third-order valence-electron chi connectivity index (χ3n) is 2.73. The number of nitriles is 1. The van der Waals surface area contributed by atoms with Crippen LogP contribution in [0.1, 0.15) is 17.0 Å². The van der Waals surface area contributed by atoms with Crippen molar-refractivity contribution in [1.82, 2.24) is 9.97 Å². The molecular weight excluding hydrogens is 291 g/mol. The lowest BCUT2D eigenvalue weighted by Gasteiger charge is -2.09. The largest absolute Gasteiger partial charge is 0.433 e. The predicted octanol–water partition coefficient (Wildman–Crippen LogP) is 4.00. The summed E-state index contributed by atoms with van der Waals surface area (Å²) in [5.74, 6) is 0. The SMILES string of the molecule is Cc1c(-c2ccc(C(F)(F)F)nc2)cnc(C#N)c1Cl. The van der Waals surface area contributed by atoms with Crippen LogP contribution in [-0.4, -0.2) is 9.97 Å². The van der Waals surface area contributed by atoms with Gasteiger partial charge in [-0.1, -0.05) is 17.7 Å². The van der Waals surface area contributed by atoms with E-state index in [0.717, 1.165) is 12.3 Å². The number of halogens is 4. The molecule has 0 fully saturated rings. The van der Waals surface area contributed by atoms with Crippen molar-refractivity contribution in [3.63, 3.8) is 0 Å². The fourth-order valence-corrected chi connectivity index (χ4v) is 1.86. The van der Waals surface area contributed by atoms with Gasteiger partial charge in [-0.3, -0.25) is 4.98 Å². The fourth-order valence-electron chi connectivity index (χ4n) is 1.67. The molecule has 0 radical (unpaired) electrons.